The Labute approximate surface area is 261 Å². The van der Waals surface area contributed by atoms with Gasteiger partial charge in [-0.05, 0) is 83.9 Å². The van der Waals surface area contributed by atoms with Gasteiger partial charge in [0, 0.05) is 22.4 Å². The standard InChI is InChI=1S/C34H40F4N2O5/c1-21(40-31(42)45-33(5,6)7)26-12-10-13-27(30(26)35)24-15-22(16-25(17-24)39-20-34(36,37)38)19-43-28-14-9-8-11-23(28)18-29(41)44-32(2,3)4/h8-17,21,39H,18-20H2,1-7H3,(H,40,42)/t21-/m1/s1. The van der Waals surface area contributed by atoms with Crippen LogP contribution in [0.4, 0.5) is 28.0 Å². The highest BCUT2D eigenvalue weighted by molar-refractivity contribution is 5.74. The molecule has 11 heteroatoms. The zero-order valence-electron chi connectivity index (χ0n) is 26.5. The number of hydrogen-bond donors (Lipinski definition) is 2. The lowest BCUT2D eigenvalue weighted by atomic mass is 9.97. The first kappa shape index (κ1) is 35.2. The maximum Gasteiger partial charge on any atom is 0.408 e. The number of nitrogens with one attached hydrogen (secondary N) is 2. The van der Waals surface area contributed by atoms with Crippen molar-refractivity contribution in [3.05, 3.63) is 83.2 Å². The Balaban J connectivity index is 1.92. The van der Waals surface area contributed by atoms with Crippen LogP contribution in [0.3, 0.4) is 0 Å². The van der Waals surface area contributed by atoms with Crippen LogP contribution in [0.2, 0.25) is 0 Å². The Morgan fingerprint density at radius 3 is 2.18 bits per heavy atom. The van der Waals surface area contributed by atoms with Gasteiger partial charge in [-0.3, -0.25) is 4.79 Å². The van der Waals surface area contributed by atoms with Crippen molar-refractivity contribution < 1.29 is 41.4 Å². The van der Waals surface area contributed by atoms with Gasteiger partial charge in [-0.15, -0.1) is 0 Å². The van der Waals surface area contributed by atoms with Crippen molar-refractivity contribution in [1.82, 2.24) is 5.32 Å². The lowest BCUT2D eigenvalue weighted by Crippen LogP contribution is -2.34. The molecule has 0 heterocycles. The minimum Gasteiger partial charge on any atom is -0.489 e. The molecule has 0 aliphatic heterocycles. The molecule has 45 heavy (non-hydrogen) atoms. The molecule has 7 nitrogen and oxygen atoms in total. The van der Waals surface area contributed by atoms with Crippen LogP contribution in [0.1, 0.15) is 71.2 Å². The van der Waals surface area contributed by atoms with Crippen molar-refractivity contribution in [3.8, 4) is 16.9 Å². The topological polar surface area (TPSA) is 85.9 Å². The van der Waals surface area contributed by atoms with Gasteiger partial charge in [-0.1, -0.05) is 36.4 Å². The molecule has 0 radical (unpaired) electrons. The number of hydrogen-bond acceptors (Lipinski definition) is 6. The molecule has 0 saturated carbocycles. The van der Waals surface area contributed by atoms with E-state index in [1.165, 1.54) is 24.3 Å². The van der Waals surface area contributed by atoms with E-state index in [9.17, 15) is 22.8 Å². The van der Waals surface area contributed by atoms with E-state index in [1.807, 2.05) is 0 Å². The normalized spacial score (nSPS) is 12.7. The van der Waals surface area contributed by atoms with Crippen LogP contribution in [0, 0.1) is 5.82 Å². The number of esters is 1. The van der Waals surface area contributed by atoms with Crippen molar-refractivity contribution >= 4 is 17.7 Å². The summed E-state index contributed by atoms with van der Waals surface area (Å²) in [6.07, 6.45) is -5.25. The third-order valence-electron chi connectivity index (χ3n) is 6.15. The molecular weight excluding hydrogens is 592 g/mol. The first-order valence-electron chi connectivity index (χ1n) is 14.4. The van der Waals surface area contributed by atoms with E-state index < -0.39 is 47.8 Å². The molecule has 0 aromatic heterocycles. The Bertz CT molecular complexity index is 1490. The van der Waals surface area contributed by atoms with E-state index in [1.54, 1.807) is 84.9 Å². The monoisotopic (exact) mass is 632 g/mol. The Hall–Kier alpha value is -4.28. The summed E-state index contributed by atoms with van der Waals surface area (Å²) in [5.41, 5.74) is 0.305. The van der Waals surface area contributed by atoms with Gasteiger partial charge in [0.1, 0.15) is 35.9 Å². The summed E-state index contributed by atoms with van der Waals surface area (Å²) in [7, 11) is 0. The number of halogens is 4. The fourth-order valence-electron chi connectivity index (χ4n) is 4.39. The van der Waals surface area contributed by atoms with Crippen molar-refractivity contribution in [2.24, 2.45) is 0 Å². The third kappa shape index (κ3) is 11.6. The number of anilines is 1. The van der Waals surface area contributed by atoms with E-state index in [2.05, 4.69) is 10.6 Å². The molecular formula is C34H40F4N2O5. The van der Waals surface area contributed by atoms with Crippen LogP contribution >= 0.6 is 0 Å². The largest absolute Gasteiger partial charge is 0.489 e. The van der Waals surface area contributed by atoms with E-state index in [4.69, 9.17) is 14.2 Å². The van der Waals surface area contributed by atoms with Gasteiger partial charge in [-0.2, -0.15) is 13.2 Å². The molecule has 244 valence electrons. The minimum atomic E-state index is -4.48. The van der Waals surface area contributed by atoms with Gasteiger partial charge in [-0.25, -0.2) is 9.18 Å². The zero-order chi connectivity index (χ0) is 33.6. The molecule has 0 bridgehead atoms. The first-order valence-corrected chi connectivity index (χ1v) is 14.4. The predicted octanol–water partition coefficient (Wildman–Crippen LogP) is 8.52. The third-order valence-corrected chi connectivity index (χ3v) is 6.15. The molecule has 0 aliphatic carbocycles. The maximum atomic E-state index is 15.9. The summed E-state index contributed by atoms with van der Waals surface area (Å²) >= 11 is 0. The number of carbonyl (C=O) groups excluding carboxylic acids is 2. The number of carbonyl (C=O) groups is 2. The lowest BCUT2D eigenvalue weighted by Gasteiger charge is -2.22. The second kappa shape index (κ2) is 14.2. The second-order valence-electron chi connectivity index (χ2n) is 12.6. The van der Waals surface area contributed by atoms with Gasteiger partial charge in [0.15, 0.2) is 0 Å². The lowest BCUT2D eigenvalue weighted by molar-refractivity contribution is -0.154. The summed E-state index contributed by atoms with van der Waals surface area (Å²) < 4.78 is 71.8. The fourth-order valence-corrected chi connectivity index (χ4v) is 4.39. The Kier molecular flexibility index (Phi) is 11.1. The molecule has 2 N–H and O–H groups in total. The molecule has 0 saturated heterocycles. The van der Waals surface area contributed by atoms with Gasteiger partial charge in [0.25, 0.3) is 0 Å². The van der Waals surface area contributed by atoms with Crippen molar-refractivity contribution in [3.63, 3.8) is 0 Å². The zero-order valence-corrected chi connectivity index (χ0v) is 26.5. The van der Waals surface area contributed by atoms with Crippen LogP contribution in [0.25, 0.3) is 11.1 Å². The van der Waals surface area contributed by atoms with Gasteiger partial charge in [0.2, 0.25) is 0 Å². The highest BCUT2D eigenvalue weighted by Gasteiger charge is 2.27. The molecule has 0 fully saturated rings. The Morgan fingerprint density at radius 1 is 0.867 bits per heavy atom. The molecule has 1 amide bonds. The van der Waals surface area contributed by atoms with Gasteiger partial charge in [0.05, 0.1) is 12.5 Å². The summed E-state index contributed by atoms with van der Waals surface area (Å²) in [5.74, 6) is -0.692. The number of para-hydroxylation sites is 1. The molecule has 1 atom stereocenters. The Morgan fingerprint density at radius 2 is 1.53 bits per heavy atom. The number of alkyl halides is 3. The van der Waals surface area contributed by atoms with E-state index >= 15 is 4.39 Å². The maximum absolute atomic E-state index is 15.9. The summed E-state index contributed by atoms with van der Waals surface area (Å²) in [4.78, 5) is 24.7. The highest BCUT2D eigenvalue weighted by atomic mass is 19.4. The molecule has 0 aliphatic rings. The highest BCUT2D eigenvalue weighted by Crippen LogP contribution is 2.32. The average molecular weight is 633 g/mol. The van der Waals surface area contributed by atoms with Crippen LogP contribution in [-0.4, -0.2) is 36.0 Å². The number of amides is 1. The van der Waals surface area contributed by atoms with Gasteiger partial charge >= 0.3 is 18.2 Å². The molecule has 3 aromatic carbocycles. The van der Waals surface area contributed by atoms with Crippen LogP contribution in [-0.2, 0) is 27.3 Å². The summed E-state index contributed by atoms with van der Waals surface area (Å²) in [5, 5.41) is 4.97. The molecule has 3 aromatic rings. The number of ether oxygens (including phenoxy) is 3. The van der Waals surface area contributed by atoms with Crippen LogP contribution in [0.15, 0.2) is 60.7 Å². The number of rotatable bonds is 10. The number of benzene rings is 3. The minimum absolute atomic E-state index is 0.0423. The quantitative estimate of drug-likeness (QED) is 0.172. The first-order chi connectivity index (χ1) is 20.8. The van der Waals surface area contributed by atoms with Crippen LogP contribution in [0.5, 0.6) is 5.75 Å². The summed E-state index contributed by atoms with van der Waals surface area (Å²) in [6, 6.07) is 15.2. The number of alkyl carbamates (subject to hydrolysis) is 1. The smallest absolute Gasteiger partial charge is 0.408 e. The average Bonchev–Trinajstić information content (AvgIpc) is 2.89. The van der Waals surface area contributed by atoms with E-state index in [-0.39, 0.29) is 29.8 Å². The molecule has 3 rings (SSSR count). The van der Waals surface area contributed by atoms with Crippen LogP contribution < -0.4 is 15.4 Å². The van der Waals surface area contributed by atoms with E-state index in [0.29, 0.717) is 22.4 Å². The predicted molar refractivity (Wildman–Crippen MR) is 164 cm³/mol. The van der Waals surface area contributed by atoms with Crippen molar-refractivity contribution in [2.75, 3.05) is 11.9 Å². The molecule has 0 spiro atoms. The summed E-state index contributed by atoms with van der Waals surface area (Å²) in [6.45, 7) is 10.6. The SMILES string of the molecule is C[C@@H](NC(=O)OC(C)(C)C)c1cccc(-c2cc(COc3ccccc3CC(=O)OC(C)(C)C)cc(NCC(F)(F)F)c2)c1F. The van der Waals surface area contributed by atoms with Crippen molar-refractivity contribution in [1.29, 1.82) is 0 Å². The van der Waals surface area contributed by atoms with Gasteiger partial charge < -0.3 is 24.8 Å². The second-order valence-corrected chi connectivity index (χ2v) is 12.6. The fraction of sp³-hybridized carbons (Fsp3) is 0.412. The molecule has 0 unspecified atom stereocenters. The van der Waals surface area contributed by atoms with Crippen molar-refractivity contribution in [2.45, 2.75) is 84.9 Å². The van der Waals surface area contributed by atoms with E-state index in [0.717, 1.165) is 0 Å².